The molecule has 1 aromatic heterocycles. The van der Waals surface area contributed by atoms with E-state index in [0.717, 1.165) is 27.5 Å². The number of aliphatic carboxylic acids is 1. The Hall–Kier alpha value is -3.57. The summed E-state index contributed by atoms with van der Waals surface area (Å²) in [4.78, 5) is 56.0. The van der Waals surface area contributed by atoms with Crippen LogP contribution in [0.2, 0.25) is 0 Å². The molecule has 9 nitrogen and oxygen atoms in total. The summed E-state index contributed by atoms with van der Waals surface area (Å²) < 4.78 is 11.9. The van der Waals surface area contributed by atoms with Crippen molar-refractivity contribution in [3.63, 3.8) is 0 Å². The normalized spacial score (nSPS) is 28.5. The van der Waals surface area contributed by atoms with Gasteiger partial charge in [0.1, 0.15) is 6.61 Å². The van der Waals surface area contributed by atoms with Gasteiger partial charge in [0.05, 0.1) is 24.0 Å². The third kappa shape index (κ3) is 4.68. The maximum absolute atomic E-state index is 13.6. The lowest BCUT2D eigenvalue weighted by Crippen LogP contribution is -2.42. The highest BCUT2D eigenvalue weighted by Crippen LogP contribution is 2.68. The zero-order chi connectivity index (χ0) is 30.0. The molecule has 2 aliphatic heterocycles. The molecule has 1 saturated heterocycles. The summed E-state index contributed by atoms with van der Waals surface area (Å²) in [5.41, 5.74) is 3.23. The number of fused-ring (bicyclic) bond motifs is 9. The highest BCUT2D eigenvalue weighted by atomic mass is 32.2. The lowest BCUT2D eigenvalue weighted by Gasteiger charge is -2.43. The monoisotopic (exact) mass is 620 g/mol. The number of carbonyl (C=O) groups excluding carboxylic acids is 2. The molecule has 3 aromatic rings. The summed E-state index contributed by atoms with van der Waals surface area (Å²) >= 11 is 2.86. The molecule has 2 saturated carbocycles. The lowest BCUT2D eigenvalue weighted by atomic mass is 9.68. The van der Waals surface area contributed by atoms with E-state index in [1.807, 2.05) is 49.4 Å². The second kappa shape index (κ2) is 10.9. The minimum Gasteiger partial charge on any atom is -0.493 e. The molecule has 224 valence electrons. The number of thioether (sulfide) groups is 1. The molecule has 6 unspecified atom stereocenters. The Morgan fingerprint density at radius 2 is 1.79 bits per heavy atom. The van der Waals surface area contributed by atoms with Crippen LogP contribution in [-0.2, 0) is 21.0 Å². The molecule has 43 heavy (non-hydrogen) atoms. The molecular formula is C32H32N2O7S2. The highest BCUT2D eigenvalue weighted by Gasteiger charge is 2.69. The summed E-state index contributed by atoms with van der Waals surface area (Å²) in [5, 5.41) is 9.97. The van der Waals surface area contributed by atoms with Gasteiger partial charge in [-0.05, 0) is 60.8 Å². The smallest absolute Gasteiger partial charge is 0.305 e. The van der Waals surface area contributed by atoms with Crippen LogP contribution in [0.5, 0.6) is 11.5 Å². The van der Waals surface area contributed by atoms with Gasteiger partial charge in [-0.3, -0.25) is 24.1 Å². The van der Waals surface area contributed by atoms with Crippen LogP contribution in [-0.4, -0.2) is 51.7 Å². The van der Waals surface area contributed by atoms with Crippen LogP contribution < -0.4 is 14.3 Å². The van der Waals surface area contributed by atoms with E-state index in [1.54, 1.807) is 18.9 Å². The van der Waals surface area contributed by atoms with Crippen molar-refractivity contribution in [1.29, 1.82) is 0 Å². The predicted octanol–water partition coefficient (Wildman–Crippen LogP) is 4.67. The number of carboxylic acid groups (broad SMARTS) is 1. The summed E-state index contributed by atoms with van der Waals surface area (Å²) in [5.74, 6) is -0.883. The number of nitrogens with one attached hydrogen (secondary N) is 1. The van der Waals surface area contributed by atoms with Crippen LogP contribution in [0.15, 0.2) is 52.3 Å². The van der Waals surface area contributed by atoms with E-state index in [9.17, 15) is 19.2 Å². The van der Waals surface area contributed by atoms with Crippen molar-refractivity contribution < 1.29 is 29.0 Å². The Bertz CT molecular complexity index is 1660. The number of H-pyrrole nitrogens is 1. The zero-order valence-electron chi connectivity index (χ0n) is 23.8. The average molecular weight is 621 g/mol. The number of imide groups is 1. The molecule has 7 rings (SSSR count). The molecule has 2 N–H and O–H groups in total. The van der Waals surface area contributed by atoms with Crippen LogP contribution >= 0.6 is 23.1 Å². The molecule has 2 bridgehead atoms. The van der Waals surface area contributed by atoms with Crippen molar-refractivity contribution in [2.75, 3.05) is 13.7 Å². The Kier molecular flexibility index (Phi) is 7.12. The van der Waals surface area contributed by atoms with E-state index >= 15 is 0 Å². The minimum absolute atomic E-state index is 0.00719. The number of rotatable bonds is 9. The Morgan fingerprint density at radius 1 is 1.05 bits per heavy atom. The van der Waals surface area contributed by atoms with Crippen molar-refractivity contribution in [2.45, 2.75) is 49.0 Å². The lowest BCUT2D eigenvalue weighted by molar-refractivity contribution is -0.142. The SMILES string of the molecule is COc1cc([C@H]2c3sc(=O)[nH]c3SC3C4CC(C5C(=O)N(CCCC(=O)O)C(=O)C45)C32)ccc1OCc1ccc(C)cc1. The Morgan fingerprint density at radius 3 is 2.51 bits per heavy atom. The first-order chi connectivity index (χ1) is 20.7. The second-order valence-electron chi connectivity index (χ2n) is 12.0. The van der Waals surface area contributed by atoms with E-state index in [-0.39, 0.29) is 70.9 Å². The average Bonchev–Trinajstić information content (AvgIpc) is 3.72. The summed E-state index contributed by atoms with van der Waals surface area (Å²) in [6.07, 6.45) is 0.966. The number of ether oxygens (including phenoxy) is 2. The fourth-order valence-corrected chi connectivity index (χ4v) is 10.8. The fraction of sp³-hybridized carbons (Fsp3) is 0.438. The van der Waals surface area contributed by atoms with E-state index in [0.29, 0.717) is 18.1 Å². The quantitative estimate of drug-likeness (QED) is 0.331. The number of amides is 2. The third-order valence-corrected chi connectivity index (χ3v) is 12.2. The van der Waals surface area contributed by atoms with Gasteiger partial charge in [0, 0.05) is 29.0 Å². The van der Waals surface area contributed by atoms with Gasteiger partial charge in [0.15, 0.2) is 11.5 Å². The number of methoxy groups -OCH3 is 1. The van der Waals surface area contributed by atoms with Gasteiger partial charge in [-0.2, -0.15) is 0 Å². The molecule has 11 heteroatoms. The number of hydrogen-bond donors (Lipinski definition) is 2. The van der Waals surface area contributed by atoms with Crippen molar-refractivity contribution in [1.82, 2.24) is 9.88 Å². The molecule has 0 spiro atoms. The number of carboxylic acids is 1. The number of aromatic nitrogens is 1. The van der Waals surface area contributed by atoms with Gasteiger partial charge in [-0.1, -0.05) is 47.2 Å². The number of aromatic amines is 1. The van der Waals surface area contributed by atoms with E-state index in [4.69, 9.17) is 14.6 Å². The van der Waals surface area contributed by atoms with E-state index in [1.165, 1.54) is 21.8 Å². The van der Waals surface area contributed by atoms with Crippen molar-refractivity contribution >= 4 is 40.9 Å². The summed E-state index contributed by atoms with van der Waals surface area (Å²) in [7, 11) is 1.61. The number of nitrogens with zero attached hydrogens (tertiary/aromatic N) is 1. The number of aryl methyl sites for hydroxylation is 1. The fourth-order valence-electron chi connectivity index (χ4n) is 7.90. The van der Waals surface area contributed by atoms with Crippen LogP contribution in [0.4, 0.5) is 0 Å². The van der Waals surface area contributed by atoms with Crippen molar-refractivity contribution in [3.8, 4) is 11.5 Å². The zero-order valence-corrected chi connectivity index (χ0v) is 25.4. The standard InChI is InChI=1S/C32H32N2O7S2/c1-15-5-7-16(8-6-15)14-41-20-10-9-17(12-21(20)40-2)23-24-18-13-19(27(24)42-29-28(23)43-32(39)33-29)26-25(18)30(37)34(31(26)38)11-3-4-22(35)36/h5-10,12,18-19,23-27H,3-4,11,13-14H2,1-2H3,(H,33,39)(H,35,36)/t18?,19?,23-,24?,25?,26?,27?/m1/s1. The van der Waals surface area contributed by atoms with Gasteiger partial charge in [0.2, 0.25) is 11.8 Å². The maximum Gasteiger partial charge on any atom is 0.305 e. The van der Waals surface area contributed by atoms with Crippen LogP contribution in [0, 0.1) is 36.5 Å². The number of carbonyl (C=O) groups is 3. The first kappa shape index (κ1) is 28.2. The van der Waals surface area contributed by atoms with Gasteiger partial charge in [0.25, 0.3) is 0 Å². The molecule has 2 amide bonds. The maximum atomic E-state index is 13.6. The van der Waals surface area contributed by atoms with Crippen molar-refractivity contribution in [2.24, 2.45) is 29.6 Å². The molecule has 2 aliphatic carbocycles. The molecule has 3 heterocycles. The van der Waals surface area contributed by atoms with Gasteiger partial charge in [-0.25, -0.2) is 0 Å². The highest BCUT2D eigenvalue weighted by molar-refractivity contribution is 8.00. The van der Waals surface area contributed by atoms with Crippen LogP contribution in [0.3, 0.4) is 0 Å². The van der Waals surface area contributed by atoms with Gasteiger partial charge >= 0.3 is 10.8 Å². The van der Waals surface area contributed by atoms with Crippen LogP contribution in [0.25, 0.3) is 0 Å². The van der Waals surface area contributed by atoms with Crippen molar-refractivity contribution in [3.05, 3.63) is 73.7 Å². The summed E-state index contributed by atoms with van der Waals surface area (Å²) in [6, 6.07) is 14.1. The van der Waals surface area contributed by atoms with Gasteiger partial charge in [-0.15, -0.1) is 11.8 Å². The summed E-state index contributed by atoms with van der Waals surface area (Å²) in [6.45, 7) is 2.59. The first-order valence-electron chi connectivity index (χ1n) is 14.6. The van der Waals surface area contributed by atoms with E-state index in [2.05, 4.69) is 4.98 Å². The number of thiazole rings is 1. The Balaban J connectivity index is 1.20. The predicted molar refractivity (Wildman–Crippen MR) is 161 cm³/mol. The topological polar surface area (TPSA) is 126 Å². The van der Waals surface area contributed by atoms with E-state index < -0.39 is 11.9 Å². The van der Waals surface area contributed by atoms with Crippen LogP contribution in [0.1, 0.15) is 46.7 Å². The number of benzene rings is 2. The largest absolute Gasteiger partial charge is 0.493 e. The minimum atomic E-state index is -0.938. The van der Waals surface area contributed by atoms with Gasteiger partial charge < -0.3 is 19.6 Å². The molecule has 0 radical (unpaired) electrons. The molecule has 7 atom stereocenters. The number of hydrogen-bond acceptors (Lipinski definition) is 8. The molecular weight excluding hydrogens is 588 g/mol. The Labute approximate surface area is 256 Å². The molecule has 4 aliphatic rings. The number of likely N-dealkylation sites (tertiary alicyclic amines) is 1. The third-order valence-electron chi connectivity index (χ3n) is 9.65. The molecule has 3 fully saturated rings. The molecule has 2 aromatic carbocycles. The first-order valence-corrected chi connectivity index (χ1v) is 16.3. The second-order valence-corrected chi connectivity index (χ2v) is 14.2.